The van der Waals surface area contributed by atoms with Crippen LogP contribution >= 0.6 is 22.6 Å². The normalized spacial score (nSPS) is 10.5. The van der Waals surface area contributed by atoms with Crippen molar-refractivity contribution in [2.24, 2.45) is 5.10 Å². The Morgan fingerprint density at radius 3 is 2.44 bits per heavy atom. The zero-order chi connectivity index (χ0) is 19.6. The third-order valence-electron chi connectivity index (χ3n) is 3.54. The maximum absolute atomic E-state index is 11.9. The lowest BCUT2D eigenvalue weighted by Gasteiger charge is -2.07. The lowest BCUT2D eigenvalue weighted by atomic mass is 10.2. The monoisotopic (exact) mass is 481 g/mol. The number of benzene rings is 2. The van der Waals surface area contributed by atoms with Crippen molar-refractivity contribution in [3.63, 3.8) is 0 Å². The van der Waals surface area contributed by atoms with E-state index in [1.807, 2.05) is 24.3 Å². The van der Waals surface area contributed by atoms with Crippen LogP contribution in [0, 0.1) is 3.57 Å². The zero-order valence-corrected chi connectivity index (χ0v) is 17.1. The molecule has 0 bridgehead atoms. The summed E-state index contributed by atoms with van der Waals surface area (Å²) in [6, 6.07) is 12.7. The number of halogens is 1. The first-order chi connectivity index (χ1) is 13.0. The molecule has 0 saturated carbocycles. The van der Waals surface area contributed by atoms with Crippen LogP contribution in [0.15, 0.2) is 47.6 Å². The lowest BCUT2D eigenvalue weighted by Crippen LogP contribution is -2.20. The van der Waals surface area contributed by atoms with Gasteiger partial charge in [0.25, 0.3) is 0 Å². The number of amides is 2. The summed E-state index contributed by atoms with van der Waals surface area (Å²) in [6.45, 7) is 0. The van der Waals surface area contributed by atoms with Gasteiger partial charge >= 0.3 is 0 Å². The van der Waals surface area contributed by atoms with E-state index in [0.29, 0.717) is 11.5 Å². The number of hydrogen-bond donors (Lipinski definition) is 2. The molecule has 2 rings (SSSR count). The van der Waals surface area contributed by atoms with Crippen LogP contribution in [0.25, 0.3) is 0 Å². The fourth-order valence-electron chi connectivity index (χ4n) is 2.17. The van der Waals surface area contributed by atoms with Gasteiger partial charge in [-0.2, -0.15) is 5.10 Å². The Kier molecular flexibility index (Phi) is 8.05. The summed E-state index contributed by atoms with van der Waals surface area (Å²) in [7, 11) is 3.10. The van der Waals surface area contributed by atoms with Gasteiger partial charge in [-0.3, -0.25) is 9.59 Å². The van der Waals surface area contributed by atoms with Crippen molar-refractivity contribution in [3.05, 3.63) is 51.6 Å². The molecule has 2 amide bonds. The molecule has 7 nitrogen and oxygen atoms in total. The molecule has 0 heterocycles. The lowest BCUT2D eigenvalue weighted by molar-refractivity contribution is -0.124. The molecule has 0 aliphatic rings. The standard InChI is InChI=1S/C19H20IN3O4/c1-26-16-8-7-13(11-17(16)27-2)12-21-23-19(25)10-9-18(24)22-15-6-4-3-5-14(15)20/h3-8,11-12H,9-10H2,1-2H3,(H,22,24)(H,23,25)/b21-12+. The maximum atomic E-state index is 11.9. The minimum Gasteiger partial charge on any atom is -0.493 e. The van der Waals surface area contributed by atoms with Gasteiger partial charge in [-0.1, -0.05) is 12.1 Å². The average Bonchev–Trinajstić information content (AvgIpc) is 2.68. The second-order valence-electron chi connectivity index (χ2n) is 5.44. The third kappa shape index (κ3) is 6.55. The molecule has 0 aliphatic carbocycles. The summed E-state index contributed by atoms with van der Waals surface area (Å²) >= 11 is 2.14. The van der Waals surface area contributed by atoms with E-state index in [4.69, 9.17) is 9.47 Å². The summed E-state index contributed by atoms with van der Waals surface area (Å²) in [6.07, 6.45) is 1.60. The number of anilines is 1. The second kappa shape index (κ2) is 10.5. The van der Waals surface area contributed by atoms with Crippen molar-refractivity contribution >= 4 is 46.3 Å². The molecular formula is C19H20IN3O4. The molecule has 142 valence electrons. The van der Waals surface area contributed by atoms with E-state index in [9.17, 15) is 9.59 Å². The third-order valence-corrected chi connectivity index (χ3v) is 4.48. The van der Waals surface area contributed by atoms with Gasteiger partial charge in [0.1, 0.15) is 0 Å². The van der Waals surface area contributed by atoms with Gasteiger partial charge in [-0.15, -0.1) is 0 Å². The van der Waals surface area contributed by atoms with Crippen molar-refractivity contribution in [2.45, 2.75) is 12.8 Å². The molecule has 2 aromatic carbocycles. The SMILES string of the molecule is COc1ccc(/C=N/NC(=O)CCC(=O)Nc2ccccc2I)cc1OC. The number of hydrogen-bond acceptors (Lipinski definition) is 5. The van der Waals surface area contributed by atoms with Crippen LogP contribution < -0.4 is 20.2 Å². The molecular weight excluding hydrogens is 461 g/mol. The van der Waals surface area contributed by atoms with Crippen molar-refractivity contribution in [1.29, 1.82) is 0 Å². The quantitative estimate of drug-likeness (QED) is 0.345. The maximum Gasteiger partial charge on any atom is 0.240 e. The smallest absolute Gasteiger partial charge is 0.240 e. The van der Waals surface area contributed by atoms with Crippen molar-refractivity contribution in [1.82, 2.24) is 5.43 Å². The molecule has 27 heavy (non-hydrogen) atoms. The molecule has 2 aromatic rings. The summed E-state index contributed by atoms with van der Waals surface area (Å²) in [5.41, 5.74) is 3.88. The number of nitrogens with one attached hydrogen (secondary N) is 2. The summed E-state index contributed by atoms with van der Waals surface area (Å²) in [4.78, 5) is 23.8. The Bertz CT molecular complexity index is 839. The van der Waals surface area contributed by atoms with Crippen LogP contribution in [0.3, 0.4) is 0 Å². The molecule has 0 fully saturated rings. The van der Waals surface area contributed by atoms with Gasteiger partial charge in [0, 0.05) is 16.4 Å². The van der Waals surface area contributed by atoms with Gasteiger partial charge < -0.3 is 14.8 Å². The fourth-order valence-corrected chi connectivity index (χ4v) is 2.69. The number of nitrogens with zero attached hydrogens (tertiary/aromatic N) is 1. The number of rotatable bonds is 8. The molecule has 0 unspecified atom stereocenters. The van der Waals surface area contributed by atoms with Gasteiger partial charge in [0.05, 0.1) is 26.1 Å². The van der Waals surface area contributed by atoms with E-state index in [-0.39, 0.29) is 24.7 Å². The molecule has 2 N–H and O–H groups in total. The molecule has 0 radical (unpaired) electrons. The second-order valence-corrected chi connectivity index (χ2v) is 6.60. The zero-order valence-electron chi connectivity index (χ0n) is 15.0. The molecule has 0 saturated heterocycles. The van der Waals surface area contributed by atoms with Crippen LogP contribution in [0.1, 0.15) is 18.4 Å². The van der Waals surface area contributed by atoms with E-state index >= 15 is 0 Å². The van der Waals surface area contributed by atoms with Gasteiger partial charge in [-0.25, -0.2) is 5.43 Å². The summed E-state index contributed by atoms with van der Waals surface area (Å²) in [5, 5.41) is 6.68. The van der Waals surface area contributed by atoms with Crippen LogP contribution in [-0.4, -0.2) is 32.2 Å². The van der Waals surface area contributed by atoms with Gasteiger partial charge in [-0.05, 0) is 58.5 Å². The van der Waals surface area contributed by atoms with Crippen LogP contribution in [0.2, 0.25) is 0 Å². The number of para-hydroxylation sites is 1. The van der Waals surface area contributed by atoms with E-state index in [1.165, 1.54) is 6.21 Å². The number of carbonyl (C=O) groups is 2. The number of hydrazone groups is 1. The first-order valence-corrected chi connectivity index (χ1v) is 9.19. The molecule has 8 heteroatoms. The topological polar surface area (TPSA) is 89.0 Å². The predicted octanol–water partition coefficient (Wildman–Crippen LogP) is 3.18. The van der Waals surface area contributed by atoms with E-state index in [1.54, 1.807) is 32.4 Å². The average molecular weight is 481 g/mol. The highest BCUT2D eigenvalue weighted by Crippen LogP contribution is 2.26. The highest BCUT2D eigenvalue weighted by atomic mass is 127. The van der Waals surface area contributed by atoms with E-state index in [0.717, 1.165) is 14.8 Å². The molecule has 0 spiro atoms. The van der Waals surface area contributed by atoms with Crippen LogP contribution in [0.5, 0.6) is 11.5 Å². The molecule has 0 aromatic heterocycles. The van der Waals surface area contributed by atoms with E-state index < -0.39 is 0 Å². The summed E-state index contributed by atoms with van der Waals surface area (Å²) < 4.78 is 11.3. The Morgan fingerprint density at radius 2 is 1.74 bits per heavy atom. The van der Waals surface area contributed by atoms with Crippen molar-refractivity contribution in [3.8, 4) is 11.5 Å². The van der Waals surface area contributed by atoms with Crippen molar-refractivity contribution in [2.75, 3.05) is 19.5 Å². The number of methoxy groups -OCH3 is 2. The largest absolute Gasteiger partial charge is 0.493 e. The highest BCUT2D eigenvalue weighted by molar-refractivity contribution is 14.1. The van der Waals surface area contributed by atoms with Gasteiger partial charge in [0.2, 0.25) is 11.8 Å². The summed E-state index contributed by atoms with van der Waals surface area (Å²) in [5.74, 6) is 0.612. The van der Waals surface area contributed by atoms with Gasteiger partial charge in [0.15, 0.2) is 11.5 Å². The molecule has 0 atom stereocenters. The first-order valence-electron chi connectivity index (χ1n) is 8.11. The first kappa shape index (κ1) is 20.7. The highest BCUT2D eigenvalue weighted by Gasteiger charge is 2.08. The molecule has 0 aliphatic heterocycles. The Balaban J connectivity index is 1.79. The number of ether oxygens (including phenoxy) is 2. The van der Waals surface area contributed by atoms with E-state index in [2.05, 4.69) is 38.4 Å². The fraction of sp³-hybridized carbons (Fsp3) is 0.211. The van der Waals surface area contributed by atoms with Crippen molar-refractivity contribution < 1.29 is 19.1 Å². The number of carbonyl (C=O) groups excluding carboxylic acids is 2. The predicted molar refractivity (Wildman–Crippen MR) is 112 cm³/mol. The Morgan fingerprint density at radius 1 is 1.04 bits per heavy atom. The van der Waals surface area contributed by atoms with Crippen LogP contribution in [-0.2, 0) is 9.59 Å². The minimum atomic E-state index is -0.343. The van der Waals surface area contributed by atoms with Crippen LogP contribution in [0.4, 0.5) is 5.69 Å². The minimum absolute atomic E-state index is 0.0402. The Hall–Kier alpha value is -2.62. The Labute approximate surface area is 171 Å².